The predicted octanol–water partition coefficient (Wildman–Crippen LogP) is 4.42. The molecule has 38 heavy (non-hydrogen) atoms. The van der Waals surface area contributed by atoms with E-state index in [-0.39, 0.29) is 24.4 Å². The molecule has 8 nitrogen and oxygen atoms in total. The van der Waals surface area contributed by atoms with E-state index >= 15 is 0 Å². The lowest BCUT2D eigenvalue weighted by Crippen LogP contribution is -2.56. The van der Waals surface area contributed by atoms with Crippen molar-refractivity contribution in [2.75, 3.05) is 13.1 Å². The Labute approximate surface area is 222 Å². The molecule has 1 aliphatic heterocycles. The number of aromatic nitrogens is 3. The first-order valence-corrected chi connectivity index (χ1v) is 12.9. The Kier molecular flexibility index (Phi) is 7.53. The van der Waals surface area contributed by atoms with E-state index in [1.807, 2.05) is 24.3 Å². The van der Waals surface area contributed by atoms with Crippen LogP contribution in [0.1, 0.15) is 36.6 Å². The number of aliphatic carboxylic acids is 1. The topological polar surface area (TPSA) is 94.7 Å². The molecule has 0 bridgehead atoms. The van der Waals surface area contributed by atoms with Gasteiger partial charge in [0.1, 0.15) is 18.0 Å². The van der Waals surface area contributed by atoms with E-state index in [0.717, 1.165) is 36.3 Å². The zero-order valence-corrected chi connectivity index (χ0v) is 21.7. The van der Waals surface area contributed by atoms with Gasteiger partial charge in [-0.2, -0.15) is 0 Å². The molecule has 3 atom stereocenters. The van der Waals surface area contributed by atoms with Crippen LogP contribution in [0.25, 0.3) is 11.3 Å². The summed E-state index contributed by atoms with van der Waals surface area (Å²) in [6, 6.07) is 26.9. The highest BCUT2D eigenvalue weighted by molar-refractivity contribution is 5.66. The van der Waals surface area contributed by atoms with Crippen molar-refractivity contribution in [1.82, 2.24) is 24.8 Å². The van der Waals surface area contributed by atoms with Crippen molar-refractivity contribution in [3.8, 4) is 17.0 Å². The van der Waals surface area contributed by atoms with Gasteiger partial charge in [0.15, 0.2) is 0 Å². The average molecular weight is 512 g/mol. The minimum absolute atomic E-state index is 0.0323. The molecule has 0 amide bonds. The molecule has 2 N–H and O–H groups in total. The van der Waals surface area contributed by atoms with Gasteiger partial charge in [-0.05, 0) is 42.7 Å². The molecule has 0 unspecified atom stereocenters. The summed E-state index contributed by atoms with van der Waals surface area (Å²) >= 11 is 0. The van der Waals surface area contributed by atoms with Crippen molar-refractivity contribution in [3.63, 3.8) is 0 Å². The monoisotopic (exact) mass is 511 g/mol. The highest BCUT2D eigenvalue weighted by Gasteiger charge is 2.35. The number of piperazine rings is 1. The van der Waals surface area contributed by atoms with Crippen LogP contribution in [0.15, 0.2) is 85.1 Å². The number of rotatable bonds is 8. The van der Waals surface area contributed by atoms with Gasteiger partial charge in [0, 0.05) is 37.3 Å². The van der Waals surface area contributed by atoms with Crippen LogP contribution in [0.3, 0.4) is 0 Å². The van der Waals surface area contributed by atoms with Gasteiger partial charge < -0.3 is 10.2 Å². The van der Waals surface area contributed by atoms with Crippen LogP contribution in [0.4, 0.5) is 0 Å². The fourth-order valence-electron chi connectivity index (χ4n) is 5.38. The third kappa shape index (κ3) is 5.77. The SMILES string of the molecule is C[C@@H]1CN([C@H](c2ccc(-c3cn(CC(=O)O)nn3)cc2)c2cccc(O)c2)[C@@H](C)CN1Cc1ccccc1. The third-order valence-corrected chi connectivity index (χ3v) is 7.27. The quantitative estimate of drug-likeness (QED) is 0.362. The van der Waals surface area contributed by atoms with E-state index in [4.69, 9.17) is 5.11 Å². The first-order valence-electron chi connectivity index (χ1n) is 12.9. The summed E-state index contributed by atoms with van der Waals surface area (Å²) in [5.41, 5.74) is 4.98. The highest BCUT2D eigenvalue weighted by Crippen LogP contribution is 2.35. The van der Waals surface area contributed by atoms with Gasteiger partial charge in [-0.15, -0.1) is 5.10 Å². The van der Waals surface area contributed by atoms with Gasteiger partial charge in [-0.1, -0.05) is 71.9 Å². The summed E-state index contributed by atoms with van der Waals surface area (Å²) in [5, 5.41) is 27.4. The maximum atomic E-state index is 11.0. The van der Waals surface area contributed by atoms with Crippen molar-refractivity contribution in [3.05, 3.63) is 102 Å². The molecule has 0 radical (unpaired) electrons. The molecule has 2 heterocycles. The number of hydrogen-bond donors (Lipinski definition) is 2. The molecule has 8 heteroatoms. The van der Waals surface area contributed by atoms with Gasteiger partial charge >= 0.3 is 5.97 Å². The molecule has 1 saturated heterocycles. The Bertz CT molecular complexity index is 1370. The number of hydrogen-bond acceptors (Lipinski definition) is 6. The molecular weight excluding hydrogens is 478 g/mol. The van der Waals surface area contributed by atoms with E-state index < -0.39 is 5.97 Å². The smallest absolute Gasteiger partial charge is 0.325 e. The lowest BCUT2D eigenvalue weighted by atomic mass is 9.92. The second-order valence-electron chi connectivity index (χ2n) is 10.1. The molecule has 5 rings (SSSR count). The van der Waals surface area contributed by atoms with Gasteiger partial charge in [0.2, 0.25) is 0 Å². The Morgan fingerprint density at radius 3 is 2.42 bits per heavy atom. The average Bonchev–Trinajstić information content (AvgIpc) is 3.36. The van der Waals surface area contributed by atoms with Crippen LogP contribution >= 0.6 is 0 Å². The van der Waals surface area contributed by atoms with Crippen molar-refractivity contribution < 1.29 is 15.0 Å². The summed E-state index contributed by atoms with van der Waals surface area (Å²) in [5.74, 6) is -0.708. The van der Waals surface area contributed by atoms with Gasteiger partial charge in [-0.3, -0.25) is 14.6 Å². The van der Waals surface area contributed by atoms with Gasteiger partial charge in [0.25, 0.3) is 0 Å². The Morgan fingerprint density at radius 2 is 1.71 bits per heavy atom. The number of aromatic hydroxyl groups is 1. The summed E-state index contributed by atoms with van der Waals surface area (Å²) in [6.45, 7) is 7.08. The molecule has 0 aliphatic carbocycles. The summed E-state index contributed by atoms with van der Waals surface area (Å²) in [6.07, 6.45) is 1.64. The number of nitrogens with zero attached hydrogens (tertiary/aromatic N) is 5. The number of benzene rings is 3. The second-order valence-corrected chi connectivity index (χ2v) is 10.1. The highest BCUT2D eigenvalue weighted by atomic mass is 16.4. The molecular formula is C30H33N5O3. The first kappa shape index (κ1) is 25.6. The molecule has 1 fully saturated rings. The Balaban J connectivity index is 1.41. The fourth-order valence-corrected chi connectivity index (χ4v) is 5.38. The van der Waals surface area contributed by atoms with Crippen LogP contribution in [0.2, 0.25) is 0 Å². The molecule has 1 aliphatic rings. The molecule has 196 valence electrons. The van der Waals surface area contributed by atoms with Crippen LogP contribution in [-0.2, 0) is 17.9 Å². The normalized spacial score (nSPS) is 19.3. The predicted molar refractivity (Wildman–Crippen MR) is 146 cm³/mol. The number of carboxylic acids is 1. The molecule has 0 spiro atoms. The van der Waals surface area contributed by atoms with Crippen molar-refractivity contribution in [1.29, 1.82) is 0 Å². The lowest BCUT2D eigenvalue weighted by Gasteiger charge is -2.47. The molecule has 1 aromatic heterocycles. The van der Waals surface area contributed by atoms with E-state index in [0.29, 0.717) is 11.7 Å². The first-order chi connectivity index (χ1) is 18.4. The van der Waals surface area contributed by atoms with Crippen molar-refractivity contribution in [2.45, 2.75) is 45.1 Å². The number of carboxylic acid groups (broad SMARTS) is 1. The minimum atomic E-state index is -0.960. The summed E-state index contributed by atoms with van der Waals surface area (Å²) in [7, 11) is 0. The second kappa shape index (κ2) is 11.2. The van der Waals surface area contributed by atoms with Crippen molar-refractivity contribution >= 4 is 5.97 Å². The zero-order valence-electron chi connectivity index (χ0n) is 21.7. The summed E-state index contributed by atoms with van der Waals surface area (Å²) in [4.78, 5) is 16.1. The third-order valence-electron chi connectivity index (χ3n) is 7.27. The van der Waals surface area contributed by atoms with Gasteiger partial charge in [0.05, 0.1) is 12.2 Å². The Hall–Kier alpha value is -4.01. The zero-order chi connectivity index (χ0) is 26.6. The summed E-state index contributed by atoms with van der Waals surface area (Å²) < 4.78 is 1.32. The standard InChI is InChI=1S/C30H33N5O3/c1-21-17-35(22(2)16-33(21)18-23-7-4-3-5-8-23)30(26-9-6-10-27(36)15-26)25-13-11-24(12-14-25)28-19-34(32-31-28)20-29(37)38/h3-15,19,21-22,30,36H,16-18,20H2,1-2H3,(H,37,38)/t21-,22+,30-/m1/s1. The number of phenols is 1. The number of phenolic OH excluding ortho intramolecular Hbond substituents is 1. The van der Waals surface area contributed by atoms with E-state index in [2.05, 4.69) is 82.5 Å². The Morgan fingerprint density at radius 1 is 0.947 bits per heavy atom. The molecule has 4 aromatic rings. The van der Waals surface area contributed by atoms with Crippen LogP contribution in [-0.4, -0.2) is 66.1 Å². The molecule has 0 saturated carbocycles. The van der Waals surface area contributed by atoms with Crippen molar-refractivity contribution in [2.24, 2.45) is 0 Å². The van der Waals surface area contributed by atoms with E-state index in [9.17, 15) is 9.90 Å². The van der Waals surface area contributed by atoms with Crippen LogP contribution < -0.4 is 0 Å². The minimum Gasteiger partial charge on any atom is -0.508 e. The van der Waals surface area contributed by atoms with E-state index in [1.54, 1.807) is 12.3 Å². The van der Waals surface area contributed by atoms with Crippen LogP contribution in [0, 0.1) is 0 Å². The lowest BCUT2D eigenvalue weighted by molar-refractivity contribution is -0.137. The van der Waals surface area contributed by atoms with E-state index in [1.165, 1.54) is 10.2 Å². The maximum absolute atomic E-state index is 11.0. The maximum Gasteiger partial charge on any atom is 0.325 e. The van der Waals surface area contributed by atoms with Crippen LogP contribution in [0.5, 0.6) is 5.75 Å². The molecule has 3 aromatic carbocycles. The largest absolute Gasteiger partial charge is 0.508 e. The fraction of sp³-hybridized carbons (Fsp3) is 0.300. The van der Waals surface area contributed by atoms with Gasteiger partial charge in [-0.25, -0.2) is 4.68 Å². The number of carbonyl (C=O) groups is 1.